The van der Waals surface area contributed by atoms with Gasteiger partial charge in [-0.3, -0.25) is 14.1 Å². The van der Waals surface area contributed by atoms with Crippen LogP contribution in [0.15, 0.2) is 97.2 Å². The van der Waals surface area contributed by atoms with Crippen molar-refractivity contribution in [3.8, 4) is 17.2 Å². The number of carbonyl (C=O) groups is 1. The molecule has 45 heavy (non-hydrogen) atoms. The normalized spacial score (nSPS) is 12.8. The molecule has 1 amide bonds. The van der Waals surface area contributed by atoms with Gasteiger partial charge in [0.25, 0.3) is 5.91 Å². The van der Waals surface area contributed by atoms with E-state index in [0.29, 0.717) is 39.4 Å². The molecule has 10 heteroatoms. The molecule has 9 nitrogen and oxygen atoms in total. The van der Waals surface area contributed by atoms with E-state index in [1.165, 1.54) is 11.4 Å². The highest BCUT2D eigenvalue weighted by atomic mass is 32.2. The number of carbonyl (C=O) groups excluding carboxylic acids is 1. The Morgan fingerprint density at radius 2 is 1.58 bits per heavy atom. The highest BCUT2D eigenvalue weighted by Gasteiger charge is 2.39. The van der Waals surface area contributed by atoms with Crippen LogP contribution in [-0.4, -0.2) is 51.7 Å². The van der Waals surface area contributed by atoms with Crippen LogP contribution in [0.2, 0.25) is 0 Å². The number of sulfonamides is 1. The summed E-state index contributed by atoms with van der Waals surface area (Å²) in [6.45, 7) is 0.369. The first-order valence-electron chi connectivity index (χ1n) is 14.4. The average Bonchev–Trinajstić information content (AvgIpc) is 3.38. The smallest absolute Gasteiger partial charge is 0.258 e. The van der Waals surface area contributed by atoms with Gasteiger partial charge in [0.2, 0.25) is 10.0 Å². The van der Waals surface area contributed by atoms with Crippen LogP contribution in [0.5, 0.6) is 17.2 Å². The Balaban J connectivity index is 1.56. The third-order valence-corrected chi connectivity index (χ3v) is 9.23. The number of pyridine rings is 1. The Bertz CT molecular complexity index is 1940. The fourth-order valence-corrected chi connectivity index (χ4v) is 6.31. The zero-order valence-corrected chi connectivity index (χ0v) is 26.2. The van der Waals surface area contributed by atoms with Gasteiger partial charge < -0.3 is 19.1 Å². The summed E-state index contributed by atoms with van der Waals surface area (Å²) in [6, 6.07) is 28.5. The van der Waals surface area contributed by atoms with Crippen molar-refractivity contribution in [2.45, 2.75) is 19.2 Å². The summed E-state index contributed by atoms with van der Waals surface area (Å²) in [5.74, 6) is 1.21. The van der Waals surface area contributed by atoms with Crippen LogP contribution in [-0.2, 0) is 23.1 Å². The number of methoxy groups -OCH3 is 2. The Kier molecular flexibility index (Phi) is 8.07. The first-order chi connectivity index (χ1) is 21.7. The van der Waals surface area contributed by atoms with Crippen LogP contribution in [0.25, 0.3) is 10.9 Å². The third kappa shape index (κ3) is 5.64. The molecule has 0 saturated carbocycles. The second-order valence-electron chi connectivity index (χ2n) is 10.8. The molecule has 0 spiro atoms. The summed E-state index contributed by atoms with van der Waals surface area (Å²) < 4.78 is 45.0. The van der Waals surface area contributed by atoms with E-state index in [1.807, 2.05) is 78.9 Å². The summed E-state index contributed by atoms with van der Waals surface area (Å²) >= 11 is 0. The molecule has 0 saturated heterocycles. The minimum Gasteiger partial charge on any atom is -0.497 e. The van der Waals surface area contributed by atoms with Crippen molar-refractivity contribution in [1.82, 2.24) is 9.88 Å². The lowest BCUT2D eigenvalue weighted by Gasteiger charge is -2.26. The molecule has 1 aromatic heterocycles. The first kappa shape index (κ1) is 30.0. The molecule has 0 unspecified atom stereocenters. The van der Waals surface area contributed by atoms with Crippen molar-refractivity contribution < 1.29 is 27.4 Å². The number of hydrogen-bond acceptors (Lipinski definition) is 7. The maximum Gasteiger partial charge on any atom is 0.258 e. The number of anilines is 1. The van der Waals surface area contributed by atoms with Gasteiger partial charge in [0.15, 0.2) is 5.75 Å². The zero-order chi connectivity index (χ0) is 31.7. The molecule has 0 bridgehead atoms. The number of amides is 1. The number of benzene rings is 4. The lowest BCUT2D eigenvalue weighted by Crippen LogP contribution is -2.26. The monoisotopic (exact) mass is 623 g/mol. The van der Waals surface area contributed by atoms with E-state index in [1.54, 1.807) is 37.4 Å². The van der Waals surface area contributed by atoms with Gasteiger partial charge in [-0.15, -0.1) is 0 Å². The highest BCUT2D eigenvalue weighted by molar-refractivity contribution is 7.92. The summed E-state index contributed by atoms with van der Waals surface area (Å²) in [6.07, 6.45) is 2.19. The van der Waals surface area contributed by atoms with E-state index in [9.17, 15) is 13.2 Å². The van der Waals surface area contributed by atoms with Crippen molar-refractivity contribution in [2.75, 3.05) is 31.8 Å². The lowest BCUT2D eigenvalue weighted by atomic mass is 9.99. The SMILES string of the molecule is COc1ccc(CN2Cc3c(c(OC(c4ccccc4)c4ccccc4)c4ncccc4c3N(C)S(C)(=O)=O)C2=O)c(OC)c1. The van der Waals surface area contributed by atoms with Gasteiger partial charge >= 0.3 is 0 Å². The predicted octanol–water partition coefficient (Wildman–Crippen LogP) is 5.97. The zero-order valence-electron chi connectivity index (χ0n) is 25.4. The number of fused-ring (bicyclic) bond motifs is 2. The molecular weight excluding hydrogens is 590 g/mol. The molecule has 0 aliphatic carbocycles. The summed E-state index contributed by atoms with van der Waals surface area (Å²) in [5, 5.41) is 0.565. The topological polar surface area (TPSA) is 98.3 Å². The van der Waals surface area contributed by atoms with Crippen molar-refractivity contribution in [3.05, 3.63) is 125 Å². The highest BCUT2D eigenvalue weighted by Crippen LogP contribution is 2.47. The molecule has 230 valence electrons. The van der Waals surface area contributed by atoms with E-state index < -0.39 is 16.1 Å². The summed E-state index contributed by atoms with van der Waals surface area (Å²) in [7, 11) is 0.934. The van der Waals surface area contributed by atoms with Crippen LogP contribution >= 0.6 is 0 Å². The quantitative estimate of drug-likeness (QED) is 0.189. The second-order valence-corrected chi connectivity index (χ2v) is 12.8. The first-order valence-corrected chi connectivity index (χ1v) is 16.2. The van der Waals surface area contributed by atoms with Gasteiger partial charge in [-0.2, -0.15) is 0 Å². The summed E-state index contributed by atoms with van der Waals surface area (Å²) in [4.78, 5) is 20.8. The number of hydrogen-bond donors (Lipinski definition) is 0. The fourth-order valence-electron chi connectivity index (χ4n) is 5.77. The molecule has 1 aliphatic rings. The van der Waals surface area contributed by atoms with Crippen LogP contribution in [0, 0.1) is 0 Å². The maximum atomic E-state index is 14.5. The molecular formula is C35H33N3O6S. The molecule has 0 fully saturated rings. The van der Waals surface area contributed by atoms with Crippen LogP contribution in [0.1, 0.15) is 38.7 Å². The van der Waals surface area contributed by atoms with Crippen LogP contribution in [0.3, 0.4) is 0 Å². The molecule has 0 atom stereocenters. The van der Waals surface area contributed by atoms with E-state index in [2.05, 4.69) is 4.98 Å². The van der Waals surface area contributed by atoms with Gasteiger partial charge in [-0.1, -0.05) is 60.7 Å². The largest absolute Gasteiger partial charge is 0.497 e. The minimum atomic E-state index is -3.70. The Labute approximate surface area is 262 Å². The fraction of sp³-hybridized carbons (Fsp3) is 0.200. The molecule has 0 radical (unpaired) electrons. The summed E-state index contributed by atoms with van der Waals surface area (Å²) in [5.41, 5.74) is 4.20. The van der Waals surface area contributed by atoms with Crippen LogP contribution < -0.4 is 18.5 Å². The lowest BCUT2D eigenvalue weighted by molar-refractivity contribution is 0.0761. The second kappa shape index (κ2) is 12.1. The van der Waals surface area contributed by atoms with Gasteiger partial charge in [0, 0.05) is 48.9 Å². The van der Waals surface area contributed by atoms with Crippen molar-refractivity contribution in [3.63, 3.8) is 0 Å². The van der Waals surface area contributed by atoms with Gasteiger partial charge in [-0.25, -0.2) is 8.42 Å². The Morgan fingerprint density at radius 1 is 0.911 bits per heavy atom. The van der Waals surface area contributed by atoms with E-state index in [-0.39, 0.29) is 24.6 Å². The molecule has 1 aliphatic heterocycles. The predicted molar refractivity (Wildman–Crippen MR) is 173 cm³/mol. The number of rotatable bonds is 10. The number of ether oxygens (including phenoxy) is 3. The van der Waals surface area contributed by atoms with Gasteiger partial charge in [-0.05, 0) is 35.4 Å². The number of aromatic nitrogens is 1. The van der Waals surface area contributed by atoms with Crippen LogP contribution in [0.4, 0.5) is 5.69 Å². The van der Waals surface area contributed by atoms with Gasteiger partial charge in [0.05, 0.1) is 31.7 Å². The standard InChI is InChI=1S/C35H33N3O6S/c1-37(45(4,40)41)32-27-16-11-19-36-31(27)34(44-33(23-12-7-5-8-13-23)24-14-9-6-10-15-24)30-28(32)22-38(35(30)39)21-25-17-18-26(42-2)20-29(25)43-3/h5-20,33H,21-22H2,1-4H3. The molecule has 5 aromatic rings. The maximum absolute atomic E-state index is 14.5. The Hall–Kier alpha value is -5.09. The minimum absolute atomic E-state index is 0.154. The van der Waals surface area contributed by atoms with E-state index >= 15 is 0 Å². The van der Waals surface area contributed by atoms with E-state index in [0.717, 1.165) is 22.9 Å². The van der Waals surface area contributed by atoms with Crippen molar-refractivity contribution >= 4 is 32.5 Å². The molecule has 4 aromatic carbocycles. The van der Waals surface area contributed by atoms with Gasteiger partial charge in [0.1, 0.15) is 23.1 Å². The third-order valence-electron chi connectivity index (χ3n) is 8.05. The number of nitrogens with zero attached hydrogens (tertiary/aromatic N) is 3. The molecule has 2 heterocycles. The Morgan fingerprint density at radius 3 is 2.18 bits per heavy atom. The van der Waals surface area contributed by atoms with E-state index in [4.69, 9.17) is 14.2 Å². The molecule has 6 rings (SSSR count). The average molecular weight is 624 g/mol. The molecule has 0 N–H and O–H groups in total. The van der Waals surface area contributed by atoms with Crippen molar-refractivity contribution in [2.24, 2.45) is 0 Å². The van der Waals surface area contributed by atoms with Crippen molar-refractivity contribution in [1.29, 1.82) is 0 Å².